The first-order valence-corrected chi connectivity index (χ1v) is 6.29. The van der Waals surface area contributed by atoms with Crippen molar-refractivity contribution >= 4 is 5.91 Å². The van der Waals surface area contributed by atoms with Crippen LogP contribution in [0, 0.1) is 0 Å². The van der Waals surface area contributed by atoms with Gasteiger partial charge >= 0.3 is 0 Å². The molecule has 0 spiro atoms. The van der Waals surface area contributed by atoms with Crippen LogP contribution in [0.15, 0.2) is 18.2 Å². The van der Waals surface area contributed by atoms with E-state index in [0.29, 0.717) is 36.8 Å². The van der Waals surface area contributed by atoms with E-state index in [-0.39, 0.29) is 5.91 Å². The standard InChI is InChI=1S/C14H19NO4/c1-4-19-12-7-10(5-6-11(12)18-3)13(16)15-8-14(2,17)9-15/h5-7,17H,4,8-9H2,1-3H3. The molecule has 0 radical (unpaired) electrons. The third-order valence-electron chi connectivity index (χ3n) is 3.06. The number of aliphatic hydroxyl groups is 1. The number of amides is 1. The van der Waals surface area contributed by atoms with Gasteiger partial charge in [0.15, 0.2) is 11.5 Å². The van der Waals surface area contributed by atoms with Crippen molar-refractivity contribution in [1.29, 1.82) is 0 Å². The highest BCUT2D eigenvalue weighted by atomic mass is 16.5. The van der Waals surface area contributed by atoms with Gasteiger partial charge in [-0.25, -0.2) is 0 Å². The molecule has 104 valence electrons. The lowest BCUT2D eigenvalue weighted by molar-refractivity contribution is -0.0668. The summed E-state index contributed by atoms with van der Waals surface area (Å²) in [7, 11) is 1.56. The molecule has 1 aliphatic heterocycles. The van der Waals surface area contributed by atoms with Crippen molar-refractivity contribution in [2.45, 2.75) is 19.4 Å². The van der Waals surface area contributed by atoms with Gasteiger partial charge in [0.1, 0.15) is 0 Å². The Kier molecular flexibility index (Phi) is 3.66. The van der Waals surface area contributed by atoms with Gasteiger partial charge in [-0.15, -0.1) is 0 Å². The lowest BCUT2D eigenvalue weighted by atomic mass is 9.96. The lowest BCUT2D eigenvalue weighted by Gasteiger charge is -2.44. The zero-order valence-corrected chi connectivity index (χ0v) is 11.5. The van der Waals surface area contributed by atoms with Crippen molar-refractivity contribution in [1.82, 2.24) is 4.90 Å². The van der Waals surface area contributed by atoms with Crippen LogP contribution < -0.4 is 9.47 Å². The summed E-state index contributed by atoms with van der Waals surface area (Å²) >= 11 is 0. The van der Waals surface area contributed by atoms with Gasteiger partial charge in [-0.05, 0) is 32.0 Å². The van der Waals surface area contributed by atoms with Crippen molar-refractivity contribution in [2.24, 2.45) is 0 Å². The number of likely N-dealkylation sites (tertiary alicyclic amines) is 1. The molecule has 0 aliphatic carbocycles. The van der Waals surface area contributed by atoms with E-state index in [9.17, 15) is 9.90 Å². The fourth-order valence-electron chi connectivity index (χ4n) is 2.18. The number of methoxy groups -OCH3 is 1. The number of hydrogen-bond acceptors (Lipinski definition) is 4. The SMILES string of the molecule is CCOc1cc(C(=O)N2CC(C)(O)C2)ccc1OC. The summed E-state index contributed by atoms with van der Waals surface area (Å²) in [6, 6.07) is 5.10. The fourth-order valence-corrected chi connectivity index (χ4v) is 2.18. The molecule has 0 unspecified atom stereocenters. The minimum atomic E-state index is -0.759. The van der Waals surface area contributed by atoms with Gasteiger partial charge in [-0.2, -0.15) is 0 Å². The van der Waals surface area contributed by atoms with Crippen LogP contribution in [-0.4, -0.2) is 48.3 Å². The van der Waals surface area contributed by atoms with Gasteiger partial charge in [0.2, 0.25) is 0 Å². The summed E-state index contributed by atoms with van der Waals surface area (Å²) in [4.78, 5) is 13.8. The summed E-state index contributed by atoms with van der Waals surface area (Å²) < 4.78 is 10.6. The van der Waals surface area contributed by atoms with Crippen LogP contribution in [0.3, 0.4) is 0 Å². The molecule has 1 aliphatic rings. The Morgan fingerprint density at radius 3 is 2.63 bits per heavy atom. The van der Waals surface area contributed by atoms with Crippen molar-refractivity contribution in [3.8, 4) is 11.5 Å². The quantitative estimate of drug-likeness (QED) is 0.891. The maximum absolute atomic E-state index is 12.2. The Balaban J connectivity index is 2.16. The summed E-state index contributed by atoms with van der Waals surface area (Å²) in [5, 5.41) is 9.66. The minimum Gasteiger partial charge on any atom is -0.493 e. The highest BCUT2D eigenvalue weighted by Crippen LogP contribution is 2.30. The summed E-state index contributed by atoms with van der Waals surface area (Å²) in [6.07, 6.45) is 0. The molecule has 1 aromatic rings. The van der Waals surface area contributed by atoms with Crippen LogP contribution in [-0.2, 0) is 0 Å². The summed E-state index contributed by atoms with van der Waals surface area (Å²) in [6.45, 7) is 4.83. The molecule has 5 heteroatoms. The van der Waals surface area contributed by atoms with E-state index in [0.717, 1.165) is 0 Å². The summed E-state index contributed by atoms with van der Waals surface area (Å²) in [5.41, 5.74) is -0.218. The number of nitrogens with zero attached hydrogens (tertiary/aromatic N) is 1. The zero-order valence-electron chi connectivity index (χ0n) is 11.5. The van der Waals surface area contributed by atoms with Crippen LogP contribution in [0.4, 0.5) is 0 Å². The summed E-state index contributed by atoms with van der Waals surface area (Å²) in [5.74, 6) is 1.06. The van der Waals surface area contributed by atoms with Gasteiger partial charge in [0, 0.05) is 5.56 Å². The Hall–Kier alpha value is -1.75. The minimum absolute atomic E-state index is 0.102. The molecular formula is C14H19NO4. The second-order valence-corrected chi connectivity index (χ2v) is 4.96. The zero-order chi connectivity index (χ0) is 14.0. The molecule has 0 saturated carbocycles. The van der Waals surface area contributed by atoms with E-state index in [1.807, 2.05) is 6.92 Å². The first kappa shape index (κ1) is 13.7. The first-order valence-electron chi connectivity index (χ1n) is 6.29. The molecule has 1 saturated heterocycles. The number of rotatable bonds is 4. The Labute approximate surface area is 112 Å². The fraction of sp³-hybridized carbons (Fsp3) is 0.500. The van der Waals surface area contributed by atoms with Crippen molar-refractivity contribution < 1.29 is 19.4 Å². The van der Waals surface area contributed by atoms with E-state index in [4.69, 9.17) is 9.47 Å². The second kappa shape index (κ2) is 5.09. The molecule has 1 aromatic carbocycles. The number of carbonyl (C=O) groups excluding carboxylic acids is 1. The maximum atomic E-state index is 12.2. The van der Waals surface area contributed by atoms with Crippen molar-refractivity contribution in [3.05, 3.63) is 23.8 Å². The van der Waals surface area contributed by atoms with E-state index in [2.05, 4.69) is 0 Å². The highest BCUT2D eigenvalue weighted by molar-refractivity contribution is 5.95. The van der Waals surface area contributed by atoms with Gasteiger partial charge in [-0.3, -0.25) is 4.79 Å². The third-order valence-corrected chi connectivity index (χ3v) is 3.06. The third kappa shape index (κ3) is 2.81. The van der Waals surface area contributed by atoms with Crippen LogP contribution in [0.25, 0.3) is 0 Å². The number of hydrogen-bond donors (Lipinski definition) is 1. The van der Waals surface area contributed by atoms with Crippen molar-refractivity contribution in [3.63, 3.8) is 0 Å². The maximum Gasteiger partial charge on any atom is 0.254 e. The molecule has 19 heavy (non-hydrogen) atoms. The van der Waals surface area contributed by atoms with Gasteiger partial charge < -0.3 is 19.5 Å². The highest BCUT2D eigenvalue weighted by Gasteiger charge is 2.39. The number of β-amino-alcohol motifs (C(OH)–C–C–N with tert-alkyl or cyclic N) is 1. The van der Waals surface area contributed by atoms with Crippen LogP contribution in [0.2, 0.25) is 0 Å². The van der Waals surface area contributed by atoms with Crippen molar-refractivity contribution in [2.75, 3.05) is 26.8 Å². The van der Waals surface area contributed by atoms with Crippen LogP contribution in [0.1, 0.15) is 24.2 Å². The molecular weight excluding hydrogens is 246 g/mol. The molecule has 0 bridgehead atoms. The predicted octanol–water partition coefficient (Wildman–Crippen LogP) is 1.30. The molecule has 1 amide bonds. The normalized spacial score (nSPS) is 16.7. The lowest BCUT2D eigenvalue weighted by Crippen LogP contribution is -2.61. The van der Waals surface area contributed by atoms with Gasteiger partial charge in [0.25, 0.3) is 5.91 Å². The second-order valence-electron chi connectivity index (χ2n) is 4.96. The van der Waals surface area contributed by atoms with Gasteiger partial charge in [0.05, 0.1) is 32.4 Å². The largest absolute Gasteiger partial charge is 0.493 e. The average Bonchev–Trinajstić information content (AvgIpc) is 2.35. The number of carbonyl (C=O) groups is 1. The first-order chi connectivity index (χ1) is 8.96. The molecule has 5 nitrogen and oxygen atoms in total. The molecule has 1 heterocycles. The predicted molar refractivity (Wildman–Crippen MR) is 70.7 cm³/mol. The molecule has 1 fully saturated rings. The molecule has 1 N–H and O–H groups in total. The van der Waals surface area contributed by atoms with Gasteiger partial charge in [-0.1, -0.05) is 0 Å². The number of benzene rings is 1. The monoisotopic (exact) mass is 265 g/mol. The Morgan fingerprint density at radius 2 is 2.11 bits per heavy atom. The molecule has 2 rings (SSSR count). The average molecular weight is 265 g/mol. The number of ether oxygens (including phenoxy) is 2. The van der Waals surface area contributed by atoms with E-state index < -0.39 is 5.60 Å². The van der Waals surface area contributed by atoms with E-state index in [1.165, 1.54) is 0 Å². The van der Waals surface area contributed by atoms with E-state index in [1.54, 1.807) is 37.1 Å². The topological polar surface area (TPSA) is 59.0 Å². The molecule has 0 atom stereocenters. The smallest absolute Gasteiger partial charge is 0.254 e. The van der Waals surface area contributed by atoms with Crippen LogP contribution >= 0.6 is 0 Å². The van der Waals surface area contributed by atoms with Crippen LogP contribution in [0.5, 0.6) is 11.5 Å². The Bertz CT molecular complexity index is 476. The Morgan fingerprint density at radius 1 is 1.42 bits per heavy atom. The molecule has 0 aromatic heterocycles. The van der Waals surface area contributed by atoms with E-state index >= 15 is 0 Å².